The van der Waals surface area contributed by atoms with E-state index in [1.807, 2.05) is 0 Å². The van der Waals surface area contributed by atoms with E-state index < -0.39 is 11.9 Å². The second kappa shape index (κ2) is 6.63. The van der Waals surface area contributed by atoms with Gasteiger partial charge in [-0.15, -0.1) is 0 Å². The first-order valence-electron chi connectivity index (χ1n) is 5.87. The maximum atomic E-state index is 14.0. The van der Waals surface area contributed by atoms with Crippen molar-refractivity contribution in [1.82, 2.24) is 5.43 Å². The van der Waals surface area contributed by atoms with Gasteiger partial charge in [0.2, 0.25) is 0 Å². The lowest BCUT2D eigenvalue weighted by atomic mass is 9.98. The summed E-state index contributed by atoms with van der Waals surface area (Å²) >= 11 is 9.03. The smallest absolute Gasteiger partial charge is 0.146 e. The van der Waals surface area contributed by atoms with Crippen molar-refractivity contribution in [2.75, 3.05) is 0 Å². The fourth-order valence-electron chi connectivity index (χ4n) is 1.97. The highest BCUT2D eigenvalue weighted by Gasteiger charge is 2.18. The molecule has 2 aromatic carbocycles. The van der Waals surface area contributed by atoms with Gasteiger partial charge in [0, 0.05) is 10.0 Å². The van der Waals surface area contributed by atoms with Crippen LogP contribution < -0.4 is 11.3 Å². The molecule has 0 bridgehead atoms. The van der Waals surface area contributed by atoms with Crippen LogP contribution in [0.1, 0.15) is 17.2 Å². The first kappa shape index (κ1) is 15.4. The Labute approximate surface area is 129 Å². The lowest BCUT2D eigenvalue weighted by molar-refractivity contribution is 0.499. The predicted octanol–water partition coefficient (Wildman–Crippen LogP) is 4.13. The van der Waals surface area contributed by atoms with Crippen molar-refractivity contribution in [3.05, 3.63) is 68.7 Å². The Bertz CT molecular complexity index is 622. The minimum Gasteiger partial charge on any atom is -0.271 e. The number of halogens is 4. The summed E-state index contributed by atoms with van der Waals surface area (Å²) in [5.74, 6) is 4.55. The summed E-state index contributed by atoms with van der Waals surface area (Å²) in [6.07, 6.45) is 0.207. The van der Waals surface area contributed by atoms with Gasteiger partial charge in [0.25, 0.3) is 0 Å². The zero-order valence-corrected chi connectivity index (χ0v) is 12.7. The maximum Gasteiger partial charge on any atom is 0.146 e. The van der Waals surface area contributed by atoms with Gasteiger partial charge in [0.1, 0.15) is 11.6 Å². The molecule has 1 unspecified atom stereocenters. The van der Waals surface area contributed by atoms with Gasteiger partial charge in [-0.25, -0.2) is 8.78 Å². The Morgan fingerprint density at radius 3 is 2.70 bits per heavy atom. The van der Waals surface area contributed by atoms with Crippen molar-refractivity contribution < 1.29 is 8.78 Å². The van der Waals surface area contributed by atoms with E-state index in [2.05, 4.69) is 21.4 Å². The molecule has 106 valence electrons. The molecule has 2 nitrogen and oxygen atoms in total. The van der Waals surface area contributed by atoms with E-state index >= 15 is 0 Å². The minimum atomic E-state index is -0.572. The van der Waals surface area contributed by atoms with E-state index in [0.717, 1.165) is 4.47 Å². The highest BCUT2D eigenvalue weighted by molar-refractivity contribution is 9.10. The Balaban J connectivity index is 2.34. The summed E-state index contributed by atoms with van der Waals surface area (Å²) in [5, 5.41) is 0.0115. The van der Waals surface area contributed by atoms with Crippen molar-refractivity contribution in [2.45, 2.75) is 12.5 Å². The number of rotatable bonds is 4. The highest BCUT2D eigenvalue weighted by Crippen LogP contribution is 2.27. The summed E-state index contributed by atoms with van der Waals surface area (Å²) in [5.41, 5.74) is 3.24. The molecule has 3 N–H and O–H groups in total. The Morgan fingerprint density at radius 2 is 2.00 bits per heavy atom. The fourth-order valence-corrected chi connectivity index (χ4v) is 2.56. The standard InChI is InChI=1S/C14H12BrClF2N2/c15-9-4-5-12(17)8(6-9)7-13(20-19)10-2-1-3-11(16)14(10)18/h1-6,13,20H,7,19H2. The molecule has 1 atom stereocenters. The number of hydrazine groups is 1. The summed E-state index contributed by atoms with van der Waals surface area (Å²) in [7, 11) is 0. The van der Waals surface area contributed by atoms with E-state index in [1.54, 1.807) is 24.3 Å². The van der Waals surface area contributed by atoms with Crippen LogP contribution in [-0.4, -0.2) is 0 Å². The summed E-state index contributed by atoms with van der Waals surface area (Å²) in [6.45, 7) is 0. The number of hydrogen-bond donors (Lipinski definition) is 2. The van der Waals surface area contributed by atoms with E-state index in [1.165, 1.54) is 12.1 Å². The molecule has 2 aromatic rings. The van der Waals surface area contributed by atoms with Crippen LogP contribution in [0.25, 0.3) is 0 Å². The molecule has 6 heteroatoms. The van der Waals surface area contributed by atoms with Gasteiger partial charge in [-0.05, 0) is 36.2 Å². The second-order valence-corrected chi connectivity index (χ2v) is 5.63. The van der Waals surface area contributed by atoms with Crippen LogP contribution in [0, 0.1) is 11.6 Å². The molecule has 0 aliphatic carbocycles. The number of hydrogen-bond acceptors (Lipinski definition) is 2. The third kappa shape index (κ3) is 3.35. The molecule has 0 radical (unpaired) electrons. The quantitative estimate of drug-likeness (QED) is 0.635. The summed E-state index contributed by atoms with van der Waals surface area (Å²) < 4.78 is 28.5. The van der Waals surface area contributed by atoms with Crippen LogP contribution in [0.4, 0.5) is 8.78 Å². The fraction of sp³-hybridized carbons (Fsp3) is 0.143. The van der Waals surface area contributed by atoms with Crippen molar-refractivity contribution in [3.63, 3.8) is 0 Å². The van der Waals surface area contributed by atoms with Gasteiger partial charge in [-0.2, -0.15) is 0 Å². The Hall–Kier alpha value is -1.01. The SMILES string of the molecule is NNC(Cc1cc(Br)ccc1F)c1cccc(Cl)c1F. The number of nitrogens with one attached hydrogen (secondary N) is 1. The maximum absolute atomic E-state index is 14.0. The van der Waals surface area contributed by atoms with Crippen molar-refractivity contribution >= 4 is 27.5 Å². The van der Waals surface area contributed by atoms with E-state index in [-0.39, 0.29) is 17.3 Å². The van der Waals surface area contributed by atoms with E-state index in [4.69, 9.17) is 17.4 Å². The highest BCUT2D eigenvalue weighted by atomic mass is 79.9. The van der Waals surface area contributed by atoms with Gasteiger partial charge in [-0.3, -0.25) is 11.3 Å². The van der Waals surface area contributed by atoms with Gasteiger partial charge in [0.15, 0.2) is 0 Å². The van der Waals surface area contributed by atoms with E-state index in [0.29, 0.717) is 11.1 Å². The predicted molar refractivity (Wildman–Crippen MR) is 79.3 cm³/mol. The largest absolute Gasteiger partial charge is 0.271 e. The van der Waals surface area contributed by atoms with Crippen LogP contribution in [0.5, 0.6) is 0 Å². The number of nitrogens with two attached hydrogens (primary N) is 1. The topological polar surface area (TPSA) is 38.0 Å². The van der Waals surface area contributed by atoms with Crippen LogP contribution in [0.15, 0.2) is 40.9 Å². The van der Waals surface area contributed by atoms with Crippen molar-refractivity contribution in [3.8, 4) is 0 Å². The van der Waals surface area contributed by atoms with Crippen molar-refractivity contribution in [1.29, 1.82) is 0 Å². The minimum absolute atomic E-state index is 0.0115. The average molecular weight is 362 g/mol. The van der Waals surface area contributed by atoms with E-state index in [9.17, 15) is 8.78 Å². The third-order valence-corrected chi connectivity index (χ3v) is 3.78. The summed E-state index contributed by atoms with van der Waals surface area (Å²) in [6, 6.07) is 8.67. The molecule has 2 rings (SSSR count). The monoisotopic (exact) mass is 360 g/mol. The van der Waals surface area contributed by atoms with Gasteiger partial charge in [0.05, 0.1) is 11.1 Å². The Kier molecular flexibility index (Phi) is 5.10. The summed E-state index contributed by atoms with van der Waals surface area (Å²) in [4.78, 5) is 0. The molecular formula is C14H12BrClF2N2. The lowest BCUT2D eigenvalue weighted by Crippen LogP contribution is -2.30. The lowest BCUT2D eigenvalue weighted by Gasteiger charge is -2.18. The van der Waals surface area contributed by atoms with Crippen molar-refractivity contribution in [2.24, 2.45) is 5.84 Å². The van der Waals surface area contributed by atoms with Crippen LogP contribution in [0.3, 0.4) is 0 Å². The van der Waals surface area contributed by atoms with Gasteiger partial charge < -0.3 is 0 Å². The van der Waals surface area contributed by atoms with Gasteiger partial charge in [-0.1, -0.05) is 39.7 Å². The first-order valence-corrected chi connectivity index (χ1v) is 7.04. The molecule has 0 saturated carbocycles. The first-order chi connectivity index (χ1) is 9.52. The molecule has 0 aliphatic heterocycles. The molecule has 0 amide bonds. The average Bonchev–Trinajstić information content (AvgIpc) is 2.43. The molecule has 0 aliphatic rings. The van der Waals surface area contributed by atoms with Crippen LogP contribution in [0.2, 0.25) is 5.02 Å². The zero-order chi connectivity index (χ0) is 14.7. The molecule has 0 fully saturated rings. The number of benzene rings is 2. The second-order valence-electron chi connectivity index (χ2n) is 4.30. The molecule has 0 saturated heterocycles. The third-order valence-electron chi connectivity index (χ3n) is 2.99. The molecule has 0 spiro atoms. The normalized spacial score (nSPS) is 12.4. The molecule has 0 heterocycles. The molecular weight excluding hydrogens is 350 g/mol. The molecule has 0 aromatic heterocycles. The Morgan fingerprint density at radius 1 is 1.25 bits per heavy atom. The zero-order valence-electron chi connectivity index (χ0n) is 10.3. The van der Waals surface area contributed by atoms with Gasteiger partial charge >= 0.3 is 0 Å². The molecule has 20 heavy (non-hydrogen) atoms. The van der Waals surface area contributed by atoms with Crippen LogP contribution in [-0.2, 0) is 6.42 Å². The van der Waals surface area contributed by atoms with Crippen LogP contribution >= 0.6 is 27.5 Å².